The monoisotopic (exact) mass is 334 g/mol. The highest BCUT2D eigenvalue weighted by Gasteiger charge is 2.39. The Hall–Kier alpha value is -1.67. The normalized spacial score (nSPS) is 22.3. The summed E-state index contributed by atoms with van der Waals surface area (Å²) in [6.07, 6.45) is -4.32. The predicted molar refractivity (Wildman–Crippen MR) is 76.8 cm³/mol. The molecule has 1 aromatic rings. The number of nitrogens with one attached hydrogen (secondary N) is 1. The fourth-order valence-corrected chi connectivity index (χ4v) is 2.66. The summed E-state index contributed by atoms with van der Waals surface area (Å²) in [6, 6.07) is 4.75. The lowest BCUT2D eigenvalue weighted by molar-refractivity contribution is -0.137. The van der Waals surface area contributed by atoms with Crippen LogP contribution in [0, 0.1) is 0 Å². The van der Waals surface area contributed by atoms with E-state index in [0.717, 1.165) is 6.07 Å². The molecule has 1 N–H and O–H groups in total. The number of para-hydroxylation sites is 1. The molecule has 128 valence electrons. The van der Waals surface area contributed by atoms with Crippen molar-refractivity contribution in [3.8, 4) is 0 Å². The second-order valence-corrected chi connectivity index (χ2v) is 5.64. The number of rotatable bonds is 5. The van der Waals surface area contributed by atoms with E-state index < -0.39 is 23.3 Å². The number of nitrogens with zero attached hydrogens (tertiary/aromatic N) is 1. The van der Waals surface area contributed by atoms with E-state index in [0.29, 0.717) is 6.54 Å². The van der Waals surface area contributed by atoms with E-state index in [1.807, 2.05) is 0 Å². The number of hydrogen-bond acceptors (Lipinski definition) is 3. The van der Waals surface area contributed by atoms with Crippen LogP contribution in [0.15, 0.2) is 24.3 Å². The van der Waals surface area contributed by atoms with Gasteiger partial charge in [0.05, 0.1) is 24.4 Å². The van der Waals surface area contributed by atoms with Gasteiger partial charge in [-0.2, -0.15) is 13.2 Å². The van der Waals surface area contributed by atoms with Crippen LogP contribution < -0.4 is 5.32 Å². The minimum Gasteiger partial charge on any atom is -0.381 e. The predicted octanol–water partition coefficient (Wildman–Crippen LogP) is 2.70. The Bertz CT molecular complexity index is 565. The van der Waals surface area contributed by atoms with Gasteiger partial charge in [-0.15, -0.1) is 0 Å². The lowest BCUT2D eigenvalue weighted by atomic mass is 10.1. The van der Waals surface area contributed by atoms with Crippen molar-refractivity contribution >= 4 is 11.6 Å². The first-order chi connectivity index (χ1) is 10.7. The maximum Gasteiger partial charge on any atom is 0.418 e. The smallest absolute Gasteiger partial charge is 0.381 e. The lowest BCUT2D eigenvalue weighted by Crippen LogP contribution is -2.37. The van der Waals surface area contributed by atoms with Crippen LogP contribution in [-0.2, 0) is 15.7 Å². The van der Waals surface area contributed by atoms with Gasteiger partial charge in [-0.1, -0.05) is 12.1 Å². The average molecular weight is 334 g/mol. The highest BCUT2D eigenvalue weighted by atomic mass is 19.4. The highest BCUT2D eigenvalue weighted by molar-refractivity contribution is 5.93. The van der Waals surface area contributed by atoms with Gasteiger partial charge in [-0.3, -0.25) is 9.69 Å². The summed E-state index contributed by atoms with van der Waals surface area (Å²) >= 11 is 0. The molecule has 2 rings (SSSR count). The third-order valence-electron chi connectivity index (χ3n) is 3.66. The fourth-order valence-electron chi connectivity index (χ4n) is 2.66. The maximum atomic E-state index is 14.2. The molecule has 8 heteroatoms. The molecular weight excluding hydrogens is 316 g/mol. The number of methoxy groups -OCH3 is 1. The van der Waals surface area contributed by atoms with Gasteiger partial charge >= 0.3 is 6.18 Å². The van der Waals surface area contributed by atoms with E-state index in [1.54, 1.807) is 4.90 Å². The molecular formula is C15H18F4N2O2. The zero-order valence-electron chi connectivity index (χ0n) is 12.6. The van der Waals surface area contributed by atoms with Crippen LogP contribution in [0.25, 0.3) is 0 Å². The number of alkyl halides is 4. The second kappa shape index (κ2) is 6.84. The molecule has 1 atom stereocenters. The third-order valence-corrected chi connectivity index (χ3v) is 3.66. The first-order valence-corrected chi connectivity index (χ1v) is 7.10. The third kappa shape index (κ3) is 4.65. The van der Waals surface area contributed by atoms with Gasteiger partial charge < -0.3 is 10.1 Å². The topological polar surface area (TPSA) is 41.6 Å². The standard InChI is InChI=1S/C15H18F4N2O2/c1-23-10-14(16)6-7-21(9-14)8-13(22)20-12-5-3-2-4-11(12)15(17,18)19/h2-5H,6-10H2,1H3,(H,20,22). The van der Waals surface area contributed by atoms with Crippen molar-refractivity contribution in [1.29, 1.82) is 0 Å². The molecule has 0 radical (unpaired) electrons. The number of halogens is 4. The molecule has 1 unspecified atom stereocenters. The number of likely N-dealkylation sites (tertiary alicyclic amines) is 1. The van der Waals surface area contributed by atoms with Crippen molar-refractivity contribution < 1.29 is 27.1 Å². The Morgan fingerprint density at radius 2 is 2.09 bits per heavy atom. The number of anilines is 1. The molecule has 0 spiro atoms. The van der Waals surface area contributed by atoms with E-state index >= 15 is 0 Å². The number of carbonyl (C=O) groups is 1. The van der Waals surface area contributed by atoms with E-state index in [4.69, 9.17) is 4.74 Å². The summed E-state index contributed by atoms with van der Waals surface area (Å²) in [5, 5.41) is 2.25. The molecule has 1 aromatic carbocycles. The first kappa shape index (κ1) is 17.7. The van der Waals surface area contributed by atoms with E-state index in [-0.39, 0.29) is 31.8 Å². The van der Waals surface area contributed by atoms with Gasteiger partial charge in [-0.25, -0.2) is 4.39 Å². The maximum absolute atomic E-state index is 14.2. The van der Waals surface area contributed by atoms with Gasteiger partial charge in [0.1, 0.15) is 5.67 Å². The zero-order chi connectivity index (χ0) is 17.1. The molecule has 1 amide bonds. The average Bonchev–Trinajstić information content (AvgIpc) is 2.79. The summed E-state index contributed by atoms with van der Waals surface area (Å²) in [5.41, 5.74) is -2.72. The number of benzene rings is 1. The van der Waals surface area contributed by atoms with Crippen LogP contribution in [0.5, 0.6) is 0 Å². The van der Waals surface area contributed by atoms with Crippen molar-refractivity contribution in [2.24, 2.45) is 0 Å². The number of ether oxygens (including phenoxy) is 1. The molecule has 0 bridgehead atoms. The molecule has 0 aliphatic carbocycles. The van der Waals surface area contributed by atoms with Crippen molar-refractivity contribution in [2.75, 3.05) is 38.7 Å². The summed E-state index contributed by atoms with van der Waals surface area (Å²) in [4.78, 5) is 13.5. The fraction of sp³-hybridized carbons (Fsp3) is 0.533. The Morgan fingerprint density at radius 1 is 1.39 bits per heavy atom. The van der Waals surface area contributed by atoms with E-state index in [2.05, 4.69) is 5.32 Å². The second-order valence-electron chi connectivity index (χ2n) is 5.64. The van der Waals surface area contributed by atoms with E-state index in [9.17, 15) is 22.4 Å². The van der Waals surface area contributed by atoms with Gasteiger partial charge in [0.2, 0.25) is 5.91 Å². The Morgan fingerprint density at radius 3 is 2.74 bits per heavy atom. The molecule has 1 heterocycles. The summed E-state index contributed by atoms with van der Waals surface area (Å²) < 4.78 is 57.6. The van der Waals surface area contributed by atoms with Crippen molar-refractivity contribution in [1.82, 2.24) is 4.90 Å². The van der Waals surface area contributed by atoms with Gasteiger partial charge in [0.15, 0.2) is 0 Å². The van der Waals surface area contributed by atoms with Crippen LogP contribution in [0.4, 0.5) is 23.2 Å². The van der Waals surface area contributed by atoms with Gasteiger partial charge in [-0.05, 0) is 18.6 Å². The summed E-state index contributed by atoms with van der Waals surface area (Å²) in [6.45, 7) is 0.146. The first-order valence-electron chi connectivity index (χ1n) is 7.10. The molecule has 0 saturated carbocycles. The number of carbonyl (C=O) groups excluding carboxylic acids is 1. The SMILES string of the molecule is COCC1(F)CCN(CC(=O)Nc2ccccc2C(F)(F)F)C1. The van der Waals surface area contributed by atoms with E-state index in [1.165, 1.54) is 25.3 Å². The summed E-state index contributed by atoms with van der Waals surface area (Å²) in [7, 11) is 1.39. The number of amides is 1. The van der Waals surface area contributed by atoms with Crippen molar-refractivity contribution in [3.63, 3.8) is 0 Å². The largest absolute Gasteiger partial charge is 0.418 e. The van der Waals surface area contributed by atoms with Crippen LogP contribution >= 0.6 is 0 Å². The molecule has 4 nitrogen and oxygen atoms in total. The minimum absolute atomic E-state index is 0.0230. The minimum atomic E-state index is -4.55. The molecule has 1 aliphatic rings. The molecule has 1 fully saturated rings. The van der Waals surface area contributed by atoms with Crippen LogP contribution in [0.2, 0.25) is 0 Å². The molecule has 0 aromatic heterocycles. The molecule has 23 heavy (non-hydrogen) atoms. The van der Waals surface area contributed by atoms with Crippen LogP contribution in [0.1, 0.15) is 12.0 Å². The Balaban J connectivity index is 1.97. The Kier molecular flexibility index (Phi) is 5.26. The highest BCUT2D eigenvalue weighted by Crippen LogP contribution is 2.34. The lowest BCUT2D eigenvalue weighted by Gasteiger charge is -2.20. The van der Waals surface area contributed by atoms with Crippen molar-refractivity contribution in [3.05, 3.63) is 29.8 Å². The zero-order valence-corrected chi connectivity index (χ0v) is 12.6. The Labute approximate surface area is 131 Å². The number of hydrogen-bond donors (Lipinski definition) is 1. The molecule has 1 aliphatic heterocycles. The van der Waals surface area contributed by atoms with Crippen LogP contribution in [-0.4, -0.2) is 49.8 Å². The molecule has 1 saturated heterocycles. The van der Waals surface area contributed by atoms with Crippen LogP contribution in [0.3, 0.4) is 0 Å². The van der Waals surface area contributed by atoms with Gasteiger partial charge in [0, 0.05) is 20.2 Å². The van der Waals surface area contributed by atoms with Gasteiger partial charge in [0.25, 0.3) is 0 Å². The quantitative estimate of drug-likeness (QED) is 0.842. The summed E-state index contributed by atoms with van der Waals surface area (Å²) in [5.74, 6) is -0.608. The van der Waals surface area contributed by atoms with Crippen molar-refractivity contribution in [2.45, 2.75) is 18.3 Å².